The molecule has 0 unspecified atom stereocenters. The molecule has 2 fully saturated rings. The molecule has 2 N–H and O–H groups in total. The van der Waals surface area contributed by atoms with Crippen molar-refractivity contribution in [1.82, 2.24) is 20.4 Å². The van der Waals surface area contributed by atoms with E-state index in [1.807, 2.05) is 0 Å². The largest absolute Gasteiger partial charge is 0.418 e. The van der Waals surface area contributed by atoms with Gasteiger partial charge in [0.25, 0.3) is 5.91 Å². The van der Waals surface area contributed by atoms with Crippen LogP contribution in [0.1, 0.15) is 33.1 Å². The van der Waals surface area contributed by atoms with Gasteiger partial charge >= 0.3 is 16.4 Å². The van der Waals surface area contributed by atoms with Crippen LogP contribution in [0.15, 0.2) is 0 Å². The van der Waals surface area contributed by atoms with E-state index in [9.17, 15) is 22.8 Å². The van der Waals surface area contributed by atoms with Crippen LogP contribution in [-0.4, -0.2) is 71.0 Å². The first-order valence-corrected chi connectivity index (χ1v) is 8.92. The SMILES string of the molecule is CCC(=O)N(CC)NC(=O)[C@@H]1CC[C@@H]2CN1C(=O)N2OS(=O)(=O)O. The van der Waals surface area contributed by atoms with E-state index in [2.05, 4.69) is 9.71 Å². The Bertz CT molecular complexity index is 637. The lowest BCUT2D eigenvalue weighted by Crippen LogP contribution is -2.55. The van der Waals surface area contributed by atoms with Crippen LogP contribution in [0.3, 0.4) is 0 Å². The van der Waals surface area contributed by atoms with E-state index >= 15 is 0 Å². The summed E-state index contributed by atoms with van der Waals surface area (Å²) in [5.74, 6) is -0.789. The zero-order valence-electron chi connectivity index (χ0n) is 13.3. The summed E-state index contributed by atoms with van der Waals surface area (Å²) in [7, 11) is -4.83. The molecule has 0 spiro atoms. The smallest absolute Gasteiger partial charge is 0.309 e. The van der Waals surface area contributed by atoms with Gasteiger partial charge in [-0.25, -0.2) is 4.79 Å². The van der Waals surface area contributed by atoms with E-state index in [0.717, 1.165) is 0 Å². The predicted molar refractivity (Wildman–Crippen MR) is 79.2 cm³/mol. The van der Waals surface area contributed by atoms with Gasteiger partial charge in [0.2, 0.25) is 5.91 Å². The number of hydrogen-bond donors (Lipinski definition) is 2. The molecule has 2 bridgehead atoms. The molecular formula is C12H20N4O7S. The highest BCUT2D eigenvalue weighted by atomic mass is 32.3. The molecular weight excluding hydrogens is 344 g/mol. The molecule has 12 heteroatoms. The van der Waals surface area contributed by atoms with Gasteiger partial charge in [0.1, 0.15) is 6.04 Å². The summed E-state index contributed by atoms with van der Waals surface area (Å²) >= 11 is 0. The lowest BCUT2D eigenvalue weighted by molar-refractivity contribution is -0.143. The molecule has 24 heavy (non-hydrogen) atoms. The Morgan fingerprint density at radius 1 is 1.38 bits per heavy atom. The fraction of sp³-hybridized carbons (Fsp3) is 0.750. The third-order valence-electron chi connectivity index (χ3n) is 3.96. The number of carbonyl (C=O) groups is 3. The van der Waals surface area contributed by atoms with Gasteiger partial charge in [-0.15, -0.1) is 4.28 Å². The highest BCUT2D eigenvalue weighted by molar-refractivity contribution is 7.80. The Morgan fingerprint density at radius 2 is 2.04 bits per heavy atom. The number of amides is 4. The highest BCUT2D eigenvalue weighted by Crippen LogP contribution is 2.30. The molecule has 0 aliphatic carbocycles. The summed E-state index contributed by atoms with van der Waals surface area (Å²) in [4.78, 5) is 37.5. The number of carbonyl (C=O) groups excluding carboxylic acids is 3. The molecule has 11 nitrogen and oxygen atoms in total. The first-order valence-electron chi connectivity index (χ1n) is 7.55. The van der Waals surface area contributed by atoms with Crippen molar-refractivity contribution in [2.75, 3.05) is 13.1 Å². The Kier molecular flexibility index (Phi) is 5.30. The van der Waals surface area contributed by atoms with Crippen molar-refractivity contribution in [3.63, 3.8) is 0 Å². The van der Waals surface area contributed by atoms with Crippen molar-refractivity contribution in [2.24, 2.45) is 0 Å². The Labute approximate surface area is 139 Å². The molecule has 2 heterocycles. The van der Waals surface area contributed by atoms with Crippen LogP contribution < -0.4 is 5.43 Å². The molecule has 136 valence electrons. The normalized spacial score (nSPS) is 23.4. The summed E-state index contributed by atoms with van der Waals surface area (Å²) in [6.45, 7) is 3.74. The second-order valence-corrected chi connectivity index (χ2v) is 6.48. The van der Waals surface area contributed by atoms with Crippen molar-refractivity contribution in [2.45, 2.75) is 45.2 Å². The molecule has 4 amide bonds. The van der Waals surface area contributed by atoms with Crippen molar-refractivity contribution in [3.8, 4) is 0 Å². The van der Waals surface area contributed by atoms with E-state index in [4.69, 9.17) is 4.55 Å². The molecule has 0 aromatic rings. The van der Waals surface area contributed by atoms with Crippen LogP contribution in [0.2, 0.25) is 0 Å². The van der Waals surface area contributed by atoms with Crippen molar-refractivity contribution in [3.05, 3.63) is 0 Å². The molecule has 2 aliphatic heterocycles. The minimum Gasteiger partial charge on any atom is -0.309 e. The van der Waals surface area contributed by atoms with E-state index in [0.29, 0.717) is 11.5 Å². The molecule has 0 aromatic carbocycles. The van der Waals surface area contributed by atoms with Gasteiger partial charge in [-0.1, -0.05) is 6.92 Å². The Balaban J connectivity index is 2.08. The maximum absolute atomic E-state index is 12.4. The Hall–Kier alpha value is -1.92. The number of hydrogen-bond acceptors (Lipinski definition) is 6. The molecule has 2 aliphatic rings. The van der Waals surface area contributed by atoms with E-state index in [1.165, 1.54) is 9.91 Å². The van der Waals surface area contributed by atoms with Crippen LogP contribution in [0.5, 0.6) is 0 Å². The lowest BCUT2D eigenvalue weighted by atomic mass is 10.0. The fourth-order valence-electron chi connectivity index (χ4n) is 2.82. The number of rotatable bonds is 5. The quantitative estimate of drug-likeness (QED) is 0.485. The average molecular weight is 364 g/mol. The maximum Gasteiger partial charge on any atom is 0.418 e. The van der Waals surface area contributed by atoms with Gasteiger partial charge < -0.3 is 4.90 Å². The average Bonchev–Trinajstić information content (AvgIpc) is 2.75. The van der Waals surface area contributed by atoms with Gasteiger partial charge in [-0.2, -0.15) is 13.5 Å². The molecule has 0 saturated carbocycles. The van der Waals surface area contributed by atoms with Crippen LogP contribution in [0.4, 0.5) is 4.79 Å². The van der Waals surface area contributed by atoms with Crippen LogP contribution in [0, 0.1) is 0 Å². The van der Waals surface area contributed by atoms with Crippen LogP contribution >= 0.6 is 0 Å². The van der Waals surface area contributed by atoms with Crippen molar-refractivity contribution < 1.29 is 31.6 Å². The second-order valence-electron chi connectivity index (χ2n) is 5.48. The number of fused-ring (bicyclic) bond motifs is 2. The molecule has 2 atom stereocenters. The summed E-state index contributed by atoms with van der Waals surface area (Å²) in [6, 6.07) is -2.23. The van der Waals surface area contributed by atoms with Gasteiger partial charge in [-0.05, 0) is 19.8 Å². The zero-order chi connectivity index (χ0) is 18.1. The molecule has 2 saturated heterocycles. The minimum absolute atomic E-state index is 0.0975. The Morgan fingerprint density at radius 3 is 2.58 bits per heavy atom. The number of urea groups is 1. The molecule has 0 aromatic heterocycles. The maximum atomic E-state index is 12.4. The highest BCUT2D eigenvalue weighted by Gasteiger charge is 2.49. The van der Waals surface area contributed by atoms with Crippen molar-refractivity contribution in [1.29, 1.82) is 0 Å². The third kappa shape index (κ3) is 3.76. The summed E-state index contributed by atoms with van der Waals surface area (Å²) in [5.41, 5.74) is 2.48. The van der Waals surface area contributed by atoms with E-state index < -0.39 is 34.4 Å². The summed E-state index contributed by atoms with van der Waals surface area (Å²) < 4.78 is 34.7. The lowest BCUT2D eigenvalue weighted by Gasteiger charge is -2.31. The number of hydrazine groups is 1. The zero-order valence-corrected chi connectivity index (χ0v) is 14.2. The second kappa shape index (κ2) is 6.91. The first-order chi connectivity index (χ1) is 11.2. The van der Waals surface area contributed by atoms with E-state index in [1.54, 1.807) is 13.8 Å². The predicted octanol–water partition coefficient (Wildman–Crippen LogP) is -0.721. The third-order valence-corrected chi connectivity index (χ3v) is 4.31. The first kappa shape index (κ1) is 18.4. The van der Waals surface area contributed by atoms with Crippen LogP contribution in [-0.2, 0) is 24.3 Å². The monoisotopic (exact) mass is 364 g/mol. The number of nitrogens with one attached hydrogen (secondary N) is 1. The number of piperidine rings is 1. The number of nitrogens with zero attached hydrogens (tertiary/aromatic N) is 3. The van der Waals surface area contributed by atoms with Gasteiger partial charge in [0.05, 0.1) is 6.04 Å². The molecule has 0 radical (unpaired) electrons. The standard InChI is InChI=1S/C12H20N4O7S/c1-3-10(17)15(4-2)13-11(18)9-6-5-8-7-14(9)12(19)16(8)23-24(20,21)22/h8-9H,3-7H2,1-2H3,(H,13,18)(H,20,21,22)/t8-,9+/m1/s1. The van der Waals surface area contributed by atoms with Gasteiger partial charge in [-0.3, -0.25) is 24.6 Å². The fourth-order valence-corrected chi connectivity index (χ4v) is 3.21. The summed E-state index contributed by atoms with van der Waals surface area (Å²) in [5, 5.41) is 1.73. The van der Waals surface area contributed by atoms with Crippen molar-refractivity contribution >= 4 is 28.2 Å². The topological polar surface area (TPSA) is 137 Å². The van der Waals surface area contributed by atoms with E-state index in [-0.39, 0.29) is 31.8 Å². The summed E-state index contributed by atoms with van der Waals surface area (Å²) in [6.07, 6.45) is 0.828. The van der Waals surface area contributed by atoms with Gasteiger partial charge in [0.15, 0.2) is 0 Å². The van der Waals surface area contributed by atoms with Gasteiger partial charge in [0, 0.05) is 19.5 Å². The number of hydroxylamine groups is 2. The minimum atomic E-state index is -4.83. The molecule has 2 rings (SSSR count). The van der Waals surface area contributed by atoms with Crippen LogP contribution in [0.25, 0.3) is 0 Å².